The Morgan fingerprint density at radius 2 is 1.60 bits per heavy atom. The lowest BCUT2D eigenvalue weighted by atomic mass is 9.93. The number of nitro groups is 1. The van der Waals surface area contributed by atoms with Crippen molar-refractivity contribution in [2.24, 2.45) is 10.9 Å². The van der Waals surface area contributed by atoms with Crippen molar-refractivity contribution in [3.05, 3.63) is 168 Å². The number of aromatic nitrogens is 3. The van der Waals surface area contributed by atoms with E-state index in [1.165, 1.54) is 32.5 Å². The maximum Gasteiger partial charge on any atom is 0.313 e. The molecule has 21 heteroatoms. The van der Waals surface area contributed by atoms with Gasteiger partial charge in [0.25, 0.3) is 0 Å². The Labute approximate surface area is 466 Å². The molecule has 78 heavy (non-hydrogen) atoms. The van der Waals surface area contributed by atoms with Crippen LogP contribution in [0, 0.1) is 21.8 Å². The van der Waals surface area contributed by atoms with Crippen LogP contribution in [-0.2, 0) is 32.0 Å². The van der Waals surface area contributed by atoms with Crippen molar-refractivity contribution in [3.63, 3.8) is 0 Å². The van der Waals surface area contributed by atoms with E-state index in [0.717, 1.165) is 22.3 Å². The highest BCUT2D eigenvalue weighted by Gasteiger charge is 2.41. The first kappa shape index (κ1) is 57.1. The van der Waals surface area contributed by atoms with E-state index in [2.05, 4.69) is 15.3 Å². The van der Waals surface area contributed by atoms with Crippen molar-refractivity contribution in [3.8, 4) is 22.8 Å². The minimum absolute atomic E-state index is 0.105. The second-order valence-corrected chi connectivity index (χ2v) is 20.4. The van der Waals surface area contributed by atoms with Gasteiger partial charge in [0.1, 0.15) is 29.6 Å². The molecule has 0 spiro atoms. The molecule has 408 valence electrons. The smallest absolute Gasteiger partial charge is 0.313 e. The number of methoxy groups -OCH3 is 2. The SMILES string of the molecule is COc1cc(Cc2ncc3c(n2)-c2ccc(Cl)cc2C(c2c(F)cccc2OC)=NC3)ccc1C(=O)CCCOCCOCCNC(=O)CC(=O)N1C[C@H](CC(C)C)N(c2ncc(Cl)cc2[N+](=O)[O-])[C@H](c2ccc(Cl)cc2)C1. The van der Waals surface area contributed by atoms with Crippen molar-refractivity contribution in [1.82, 2.24) is 25.2 Å². The summed E-state index contributed by atoms with van der Waals surface area (Å²) in [5.41, 5.74) is 5.17. The molecule has 1 N–H and O–H groups in total. The number of carbonyl (C=O) groups is 3. The van der Waals surface area contributed by atoms with E-state index in [1.54, 1.807) is 59.6 Å². The Morgan fingerprint density at radius 1 is 0.846 bits per heavy atom. The zero-order chi connectivity index (χ0) is 55.5. The number of hydrogen-bond acceptors (Lipinski definition) is 14. The molecule has 17 nitrogen and oxygen atoms in total. The molecular weight excluding hydrogens is 1070 g/mol. The Hall–Kier alpha value is -7.09. The molecule has 2 amide bonds. The molecule has 1 fully saturated rings. The number of fused-ring (bicyclic) bond motifs is 3. The highest BCUT2D eigenvalue weighted by atomic mass is 35.5. The van der Waals surface area contributed by atoms with Crippen LogP contribution >= 0.6 is 34.8 Å². The summed E-state index contributed by atoms with van der Waals surface area (Å²) in [7, 11) is 3.00. The summed E-state index contributed by atoms with van der Waals surface area (Å²) in [5, 5.41) is 16.1. The summed E-state index contributed by atoms with van der Waals surface area (Å²) in [6.07, 6.45) is 4.30. The third-order valence-electron chi connectivity index (χ3n) is 13.3. The Balaban J connectivity index is 0.774. The van der Waals surface area contributed by atoms with Crippen LogP contribution in [0.15, 0.2) is 102 Å². The van der Waals surface area contributed by atoms with Crippen LogP contribution < -0.4 is 19.7 Å². The van der Waals surface area contributed by atoms with Crippen LogP contribution in [-0.4, -0.2) is 114 Å². The largest absolute Gasteiger partial charge is 0.496 e. The number of ether oxygens (including phenoxy) is 4. The van der Waals surface area contributed by atoms with Gasteiger partial charge in [0.05, 0.1) is 79.1 Å². The number of hydrogen-bond donors (Lipinski definition) is 1. The Kier molecular flexibility index (Phi) is 19.4. The zero-order valence-electron chi connectivity index (χ0n) is 43.5. The summed E-state index contributed by atoms with van der Waals surface area (Å²) in [4.78, 5) is 74.2. The van der Waals surface area contributed by atoms with Crippen LogP contribution in [0.2, 0.25) is 15.1 Å². The van der Waals surface area contributed by atoms with Crippen molar-refractivity contribution in [2.75, 3.05) is 65.2 Å². The van der Waals surface area contributed by atoms with E-state index in [4.69, 9.17) is 63.7 Å². The number of anilines is 1. The number of Topliss-reactive ketones (excluding diaryl/α,β-unsaturated/α-hetero) is 1. The lowest BCUT2D eigenvalue weighted by molar-refractivity contribution is -0.384. The third kappa shape index (κ3) is 14.0. The summed E-state index contributed by atoms with van der Waals surface area (Å²) in [5.74, 6) is 0.160. The number of pyridine rings is 1. The monoisotopic (exact) mass is 1120 g/mol. The van der Waals surface area contributed by atoms with E-state index >= 15 is 4.39 Å². The quantitative estimate of drug-likeness (QED) is 0.0209. The number of carbonyl (C=O) groups excluding carboxylic acids is 3. The maximum atomic E-state index is 15.4. The van der Waals surface area contributed by atoms with Gasteiger partial charge >= 0.3 is 5.69 Å². The molecule has 0 aliphatic carbocycles. The highest BCUT2D eigenvalue weighted by Crippen LogP contribution is 2.41. The van der Waals surface area contributed by atoms with Gasteiger partial charge in [0.15, 0.2) is 5.78 Å². The van der Waals surface area contributed by atoms with Gasteiger partial charge in [-0.25, -0.2) is 19.3 Å². The maximum absolute atomic E-state index is 15.4. The Bertz CT molecular complexity index is 3200. The fourth-order valence-corrected chi connectivity index (χ4v) is 10.2. The number of rotatable bonds is 23. The molecular formula is C57H58Cl3FN8O9. The topological polar surface area (TPSA) is 201 Å². The van der Waals surface area contributed by atoms with E-state index in [9.17, 15) is 24.5 Å². The van der Waals surface area contributed by atoms with Gasteiger partial charge in [-0.2, -0.15) is 0 Å². The second-order valence-electron chi connectivity index (χ2n) is 19.1. The number of amides is 2. The van der Waals surface area contributed by atoms with Crippen LogP contribution in [0.1, 0.15) is 89.6 Å². The fourth-order valence-electron chi connectivity index (χ4n) is 9.72. The van der Waals surface area contributed by atoms with Crippen molar-refractivity contribution in [2.45, 2.75) is 64.6 Å². The molecule has 2 aromatic heterocycles. The van der Waals surface area contributed by atoms with Crippen molar-refractivity contribution >= 4 is 69.6 Å². The lowest BCUT2D eigenvalue weighted by Crippen LogP contribution is -2.57. The van der Waals surface area contributed by atoms with E-state index in [1.807, 2.05) is 43.0 Å². The average Bonchev–Trinajstić information content (AvgIpc) is 3.58. The molecule has 4 heterocycles. The van der Waals surface area contributed by atoms with Crippen molar-refractivity contribution in [1.29, 1.82) is 0 Å². The van der Waals surface area contributed by atoms with Crippen LogP contribution in [0.25, 0.3) is 11.3 Å². The van der Waals surface area contributed by atoms with E-state index in [0.29, 0.717) is 75.8 Å². The van der Waals surface area contributed by atoms with Gasteiger partial charge in [-0.05, 0) is 78.4 Å². The van der Waals surface area contributed by atoms with Crippen LogP contribution in [0.4, 0.5) is 15.9 Å². The summed E-state index contributed by atoms with van der Waals surface area (Å²) >= 11 is 18.9. The number of aliphatic imine (C=N–C) groups is 1. The number of ketones is 1. The van der Waals surface area contributed by atoms with Gasteiger partial charge in [-0.3, -0.25) is 29.5 Å². The number of piperazine rings is 1. The standard InChI is InChI=1S/C57H58Cl3FN8O9/c1-34(2)23-41-32-67(33-47(36-11-13-38(58)14-12-36)68(41)57-46(69(73)74)27-40(60)31-65-57)53(72)28-52(71)62-18-20-78-22-21-77-19-6-8-48(70)43-16-10-35(24-50(43)76-4)25-51-63-29-37-30-64-56(54-45(61)7-5-9-49(54)75-3)44-26-39(59)15-17-42(44)55(37)66-51/h5,7,9-17,24,26-27,29,31,34,41,47H,6,8,18-23,25,28,30,32-33H2,1-4H3,(H,62,71)/t41-,47-/m0/s1. The second kappa shape index (κ2) is 26.5. The minimum Gasteiger partial charge on any atom is -0.496 e. The molecule has 4 aromatic carbocycles. The molecule has 2 aliphatic heterocycles. The third-order valence-corrected chi connectivity index (χ3v) is 14.0. The number of nitrogens with zero attached hydrogens (tertiary/aromatic N) is 7. The van der Waals surface area contributed by atoms with Gasteiger partial charge < -0.3 is 34.1 Å². The summed E-state index contributed by atoms with van der Waals surface area (Å²) < 4.78 is 37.9. The average molecular weight is 1120 g/mol. The molecule has 8 rings (SSSR count). The molecule has 2 aliphatic rings. The molecule has 0 saturated carbocycles. The first-order chi connectivity index (χ1) is 37.6. The van der Waals surface area contributed by atoms with Gasteiger partial charge in [0, 0.05) is 90.3 Å². The first-order valence-electron chi connectivity index (χ1n) is 25.4. The van der Waals surface area contributed by atoms with Crippen molar-refractivity contribution < 1.29 is 42.6 Å². The van der Waals surface area contributed by atoms with Crippen LogP contribution in [0.3, 0.4) is 0 Å². The summed E-state index contributed by atoms with van der Waals surface area (Å²) in [6, 6.07) is 22.8. The van der Waals surface area contributed by atoms with Gasteiger partial charge in [-0.1, -0.05) is 79.0 Å². The molecule has 1 saturated heterocycles. The van der Waals surface area contributed by atoms with Gasteiger partial charge in [-0.15, -0.1) is 0 Å². The predicted octanol–water partition coefficient (Wildman–Crippen LogP) is 10.5. The Morgan fingerprint density at radius 3 is 2.35 bits per heavy atom. The fraction of sp³-hybridized carbons (Fsp3) is 0.351. The molecule has 6 aromatic rings. The van der Waals surface area contributed by atoms with E-state index in [-0.39, 0.29) is 98.2 Å². The zero-order valence-corrected chi connectivity index (χ0v) is 45.7. The number of nitrogens with one attached hydrogen (secondary N) is 1. The molecule has 0 unspecified atom stereocenters. The number of halogens is 4. The lowest BCUT2D eigenvalue weighted by Gasteiger charge is -2.48. The predicted molar refractivity (Wildman–Crippen MR) is 296 cm³/mol. The number of benzene rings is 4. The van der Waals surface area contributed by atoms with E-state index < -0.39 is 29.1 Å². The highest BCUT2D eigenvalue weighted by molar-refractivity contribution is 6.32. The molecule has 0 radical (unpaired) electrons. The minimum atomic E-state index is -0.547. The molecule has 2 atom stereocenters. The first-order valence-corrected chi connectivity index (χ1v) is 26.5. The normalized spacial score (nSPS) is 15.0. The molecule has 0 bridgehead atoms. The summed E-state index contributed by atoms with van der Waals surface area (Å²) in [6.45, 7) is 5.80. The van der Waals surface area contributed by atoms with Gasteiger partial charge in [0.2, 0.25) is 17.6 Å². The van der Waals surface area contributed by atoms with Crippen LogP contribution in [0.5, 0.6) is 11.5 Å².